The van der Waals surface area contributed by atoms with E-state index in [1.54, 1.807) is 0 Å². The van der Waals surface area contributed by atoms with Crippen LogP contribution in [-0.4, -0.2) is 5.43 Å². The monoisotopic (exact) mass is 840 g/mol. The van der Waals surface area contributed by atoms with E-state index in [9.17, 15) is 0 Å². The molecule has 0 bridgehead atoms. The molecule has 6 aromatic carbocycles. The molecule has 0 saturated carbocycles. The molecule has 8 rings (SSSR count). The van der Waals surface area contributed by atoms with Gasteiger partial charge in [-0.15, -0.1) is 0 Å². The van der Waals surface area contributed by atoms with Crippen molar-refractivity contribution in [2.75, 3.05) is 0 Å². The summed E-state index contributed by atoms with van der Waals surface area (Å²) in [5, 5.41) is 5.14. The van der Waals surface area contributed by atoms with Crippen LogP contribution in [0.5, 0.6) is 0 Å². The molecule has 2 aliphatic rings. The van der Waals surface area contributed by atoms with E-state index in [2.05, 4.69) is 176 Å². The van der Waals surface area contributed by atoms with Crippen LogP contribution in [0.3, 0.4) is 0 Å². The van der Waals surface area contributed by atoms with Crippen molar-refractivity contribution < 1.29 is 15.0 Å². The van der Waals surface area contributed by atoms with Crippen molar-refractivity contribution in [1.82, 2.24) is 0 Å². The van der Waals surface area contributed by atoms with E-state index in [1.807, 2.05) is 0 Å². The summed E-state index contributed by atoms with van der Waals surface area (Å²) in [6, 6.07) is 40.7. The molecule has 0 spiro atoms. The van der Waals surface area contributed by atoms with Crippen molar-refractivity contribution in [3.05, 3.63) is 154 Å². The number of halogens is 2. The first-order valence-corrected chi connectivity index (χ1v) is 35.2. The molecule has 2 unspecified atom stereocenters. The van der Waals surface area contributed by atoms with Gasteiger partial charge in [0.25, 0.3) is 0 Å². The SMILES string of the molecule is Cc1ccc2ccccc2c1-c1cccc2c1C=C(CC(C)C)[CH]2[Zr]([Cl])([Cl])([CH]1C(CC(C)C)=Cc2c(-c3c(C)ccc4ccccc34)cccc21)=[Si](C)C. The van der Waals surface area contributed by atoms with Gasteiger partial charge in [0.1, 0.15) is 0 Å². The van der Waals surface area contributed by atoms with Gasteiger partial charge in [-0.1, -0.05) is 0 Å². The molecule has 2 aliphatic carbocycles. The molecule has 0 heterocycles. The Kier molecular flexibility index (Phi) is 9.96. The number of rotatable bonds is 8. The van der Waals surface area contributed by atoms with Crippen molar-refractivity contribution >= 4 is 56.2 Å². The van der Waals surface area contributed by atoms with Gasteiger partial charge in [0.05, 0.1) is 0 Å². The van der Waals surface area contributed by atoms with Gasteiger partial charge in [-0.2, -0.15) is 0 Å². The quantitative estimate of drug-likeness (QED) is 0.134. The predicted octanol–water partition coefficient (Wildman–Crippen LogP) is 15.9. The van der Waals surface area contributed by atoms with Crippen LogP contribution in [0, 0.1) is 25.7 Å². The molecule has 0 fully saturated rings. The van der Waals surface area contributed by atoms with Gasteiger partial charge in [-0.05, 0) is 0 Å². The van der Waals surface area contributed by atoms with Crippen molar-refractivity contribution in [2.24, 2.45) is 11.8 Å². The van der Waals surface area contributed by atoms with E-state index in [0.29, 0.717) is 11.8 Å². The summed E-state index contributed by atoms with van der Waals surface area (Å²) in [6.45, 7) is 18.8. The van der Waals surface area contributed by atoms with E-state index in [4.69, 9.17) is 17.0 Å². The summed E-state index contributed by atoms with van der Waals surface area (Å²) >= 11 is -5.05. The van der Waals surface area contributed by atoms with Crippen LogP contribution in [-0.2, 0) is 15.0 Å². The molecule has 274 valence electrons. The first kappa shape index (κ1) is 37.9. The molecule has 0 amide bonds. The zero-order valence-corrected chi connectivity index (χ0v) is 38.0. The number of benzene rings is 6. The summed E-state index contributed by atoms with van der Waals surface area (Å²) in [6.07, 6.45) is 7.06. The number of hydrogen-bond donors (Lipinski definition) is 0. The fraction of sp³-hybridized carbons (Fsp3) is 0.280. The van der Waals surface area contributed by atoms with Gasteiger partial charge in [0.2, 0.25) is 0 Å². The fourth-order valence-electron chi connectivity index (χ4n) is 10.1. The van der Waals surface area contributed by atoms with Crippen LogP contribution in [0.15, 0.2) is 120 Å². The summed E-state index contributed by atoms with van der Waals surface area (Å²) in [5.41, 5.74) is 14.9. The number of fused-ring (bicyclic) bond motifs is 4. The summed E-state index contributed by atoms with van der Waals surface area (Å²) in [7, 11) is 17.9. The predicted molar refractivity (Wildman–Crippen MR) is 238 cm³/mol. The maximum atomic E-state index is 8.94. The van der Waals surface area contributed by atoms with E-state index < -0.39 is 20.4 Å². The Morgan fingerprint density at radius 2 is 0.944 bits per heavy atom. The van der Waals surface area contributed by atoms with Crippen LogP contribution in [0.25, 0.3) is 56.0 Å². The Morgan fingerprint density at radius 1 is 0.537 bits per heavy atom. The fourth-order valence-corrected chi connectivity index (χ4v) is 39.1. The number of hydrogen-bond acceptors (Lipinski definition) is 0. The minimum absolute atomic E-state index is 0.0424. The molecule has 0 aromatic heterocycles. The second-order valence-corrected chi connectivity index (χ2v) is 56.0. The summed E-state index contributed by atoms with van der Waals surface area (Å²) in [4.78, 5) is 0. The van der Waals surface area contributed by atoms with Crippen molar-refractivity contribution in [3.8, 4) is 22.3 Å². The Hall–Kier alpha value is -3.00. The number of aryl methyl sites for hydroxylation is 2. The van der Waals surface area contributed by atoms with E-state index in [0.717, 1.165) is 12.8 Å². The van der Waals surface area contributed by atoms with E-state index in [1.165, 1.54) is 88.3 Å². The molecular formula is C50H52Cl2SiZr. The van der Waals surface area contributed by atoms with Crippen molar-refractivity contribution in [3.63, 3.8) is 0 Å². The molecule has 0 saturated heterocycles. The third kappa shape index (κ3) is 6.02. The summed E-state index contributed by atoms with van der Waals surface area (Å²) < 4.78 is 0.0847. The molecule has 54 heavy (non-hydrogen) atoms. The van der Waals surface area contributed by atoms with Gasteiger partial charge in [-0.25, -0.2) is 0 Å². The molecule has 0 aliphatic heterocycles. The Balaban J connectivity index is 1.41. The van der Waals surface area contributed by atoms with Crippen LogP contribution < -0.4 is 0 Å². The Morgan fingerprint density at radius 3 is 1.33 bits per heavy atom. The summed E-state index contributed by atoms with van der Waals surface area (Å²) in [5.74, 6) is 0.963. The van der Waals surface area contributed by atoms with Crippen LogP contribution >= 0.6 is 17.0 Å². The molecular weight excluding hydrogens is 791 g/mol. The molecule has 0 N–H and O–H groups in total. The van der Waals surface area contributed by atoms with Crippen LogP contribution in [0.1, 0.15) is 81.2 Å². The number of allylic oxidation sites excluding steroid dienone is 2. The maximum absolute atomic E-state index is 8.94. The first-order chi connectivity index (χ1) is 25.8. The topological polar surface area (TPSA) is 0 Å². The second kappa shape index (κ2) is 14.2. The van der Waals surface area contributed by atoms with Crippen molar-refractivity contribution in [2.45, 2.75) is 74.7 Å². The Bertz CT molecular complexity index is 2460. The van der Waals surface area contributed by atoms with E-state index in [-0.39, 0.29) is 7.25 Å². The van der Waals surface area contributed by atoms with Crippen LogP contribution in [0.4, 0.5) is 0 Å². The third-order valence-corrected chi connectivity index (χ3v) is 59.0. The van der Waals surface area contributed by atoms with E-state index >= 15 is 0 Å². The average molecular weight is 843 g/mol. The molecule has 2 atom stereocenters. The molecule has 6 aromatic rings. The second-order valence-electron chi connectivity index (χ2n) is 17.2. The van der Waals surface area contributed by atoms with Gasteiger partial charge in [-0.3, -0.25) is 0 Å². The van der Waals surface area contributed by atoms with Crippen LogP contribution in [0.2, 0.25) is 13.1 Å². The molecule has 0 radical (unpaired) electrons. The normalized spacial score (nSPS) is 17.0. The molecule has 0 nitrogen and oxygen atoms in total. The average Bonchev–Trinajstić information content (AvgIpc) is 3.70. The molecule has 4 heteroatoms. The zero-order chi connectivity index (χ0) is 38.1. The minimum atomic E-state index is -5.05. The third-order valence-electron chi connectivity index (χ3n) is 12.4. The van der Waals surface area contributed by atoms with Crippen molar-refractivity contribution in [1.29, 1.82) is 0 Å². The van der Waals surface area contributed by atoms with Gasteiger partial charge in [0, 0.05) is 0 Å². The van der Waals surface area contributed by atoms with Gasteiger partial charge < -0.3 is 0 Å². The van der Waals surface area contributed by atoms with Gasteiger partial charge in [0.15, 0.2) is 0 Å². The first-order valence-electron chi connectivity index (χ1n) is 19.8. The zero-order valence-electron chi connectivity index (χ0n) is 33.0. The standard InChI is InChI=1S/2C24H23.C2H6Si.2ClH.Zr/c2*1-16(2)13-18-14-20-8-6-10-22(23(20)15-18)24-17(3)11-12-19-7-4-5-9-21(19)24;1-3-2;;;/h2*4-12,14-16H,13H2,1-3H3;1-2H3;2*1H;/q;;;;;+2/p-2. The Labute approximate surface area is 331 Å². The van der Waals surface area contributed by atoms with Gasteiger partial charge >= 0.3 is 334 Å².